The summed E-state index contributed by atoms with van der Waals surface area (Å²) in [6.45, 7) is 1.12. The minimum absolute atomic E-state index is 0.113. The monoisotopic (exact) mass is 295 g/mol. The van der Waals surface area contributed by atoms with Crippen molar-refractivity contribution in [3.05, 3.63) is 41.2 Å². The van der Waals surface area contributed by atoms with Crippen LogP contribution in [0.25, 0.3) is 0 Å². The number of benzene rings is 1. The quantitative estimate of drug-likeness (QED) is 0.886. The third kappa shape index (κ3) is 3.49. The van der Waals surface area contributed by atoms with E-state index in [9.17, 15) is 9.90 Å². The SMILES string of the molecule is COCCn1cc(NC(=O)c2cc(Cl)ccc2O)cn1. The molecule has 2 rings (SSSR count). The highest BCUT2D eigenvalue weighted by Crippen LogP contribution is 2.22. The molecule has 2 N–H and O–H groups in total. The molecule has 1 heterocycles. The van der Waals surface area contributed by atoms with Gasteiger partial charge in [-0.05, 0) is 18.2 Å². The number of carbonyl (C=O) groups is 1. The number of nitrogens with zero attached hydrogens (tertiary/aromatic N) is 2. The molecular weight excluding hydrogens is 282 g/mol. The average molecular weight is 296 g/mol. The zero-order valence-corrected chi connectivity index (χ0v) is 11.6. The number of amides is 1. The van der Waals surface area contributed by atoms with Gasteiger partial charge in [0.05, 0.1) is 30.6 Å². The highest BCUT2D eigenvalue weighted by Gasteiger charge is 2.12. The molecule has 1 aromatic carbocycles. The summed E-state index contributed by atoms with van der Waals surface area (Å²) >= 11 is 5.80. The van der Waals surface area contributed by atoms with Gasteiger partial charge in [0.1, 0.15) is 5.75 Å². The van der Waals surface area contributed by atoms with Crippen molar-refractivity contribution in [2.75, 3.05) is 19.0 Å². The van der Waals surface area contributed by atoms with E-state index in [1.165, 1.54) is 24.4 Å². The van der Waals surface area contributed by atoms with E-state index in [0.29, 0.717) is 23.9 Å². The van der Waals surface area contributed by atoms with Crippen molar-refractivity contribution in [1.29, 1.82) is 0 Å². The van der Waals surface area contributed by atoms with Gasteiger partial charge < -0.3 is 15.2 Å². The summed E-state index contributed by atoms with van der Waals surface area (Å²) in [6, 6.07) is 4.29. The Morgan fingerprint density at radius 2 is 2.35 bits per heavy atom. The molecule has 0 unspecified atom stereocenters. The van der Waals surface area contributed by atoms with Crippen LogP contribution in [0.3, 0.4) is 0 Å². The van der Waals surface area contributed by atoms with Gasteiger partial charge in [0.25, 0.3) is 5.91 Å². The first-order valence-corrected chi connectivity index (χ1v) is 6.29. The van der Waals surface area contributed by atoms with E-state index in [1.54, 1.807) is 18.0 Å². The Kier molecular flexibility index (Phi) is 4.60. The van der Waals surface area contributed by atoms with Gasteiger partial charge in [-0.3, -0.25) is 9.48 Å². The summed E-state index contributed by atoms with van der Waals surface area (Å²) in [5.41, 5.74) is 0.646. The molecule has 7 heteroatoms. The number of hydrogen-bond donors (Lipinski definition) is 2. The number of methoxy groups -OCH3 is 1. The summed E-state index contributed by atoms with van der Waals surface area (Å²) in [5.74, 6) is -0.574. The Balaban J connectivity index is 2.07. The van der Waals surface area contributed by atoms with Crippen LogP contribution in [0.1, 0.15) is 10.4 Å². The molecule has 20 heavy (non-hydrogen) atoms. The van der Waals surface area contributed by atoms with Gasteiger partial charge in [-0.25, -0.2) is 0 Å². The van der Waals surface area contributed by atoms with Crippen molar-refractivity contribution in [2.45, 2.75) is 6.54 Å². The van der Waals surface area contributed by atoms with E-state index in [4.69, 9.17) is 16.3 Å². The number of aromatic nitrogens is 2. The van der Waals surface area contributed by atoms with Crippen molar-refractivity contribution in [3.63, 3.8) is 0 Å². The molecule has 1 aromatic heterocycles. The number of aromatic hydroxyl groups is 1. The molecule has 0 atom stereocenters. The molecule has 0 saturated heterocycles. The lowest BCUT2D eigenvalue weighted by molar-refractivity contribution is 0.102. The van der Waals surface area contributed by atoms with E-state index < -0.39 is 5.91 Å². The summed E-state index contributed by atoms with van der Waals surface area (Å²) in [6.07, 6.45) is 3.20. The predicted molar refractivity (Wildman–Crippen MR) is 75.2 cm³/mol. The van der Waals surface area contributed by atoms with Crippen molar-refractivity contribution < 1.29 is 14.6 Å². The second-order valence-electron chi connectivity index (χ2n) is 4.10. The molecule has 106 valence electrons. The van der Waals surface area contributed by atoms with Crippen LogP contribution in [0.15, 0.2) is 30.6 Å². The Labute approximate surface area is 120 Å². The number of phenols is 1. The molecule has 0 saturated carbocycles. The van der Waals surface area contributed by atoms with Gasteiger partial charge >= 0.3 is 0 Å². The number of anilines is 1. The van der Waals surface area contributed by atoms with Crippen LogP contribution in [0.2, 0.25) is 5.02 Å². The number of halogens is 1. The van der Waals surface area contributed by atoms with E-state index in [1.807, 2.05) is 0 Å². The highest BCUT2D eigenvalue weighted by molar-refractivity contribution is 6.31. The van der Waals surface area contributed by atoms with Crippen LogP contribution in [-0.4, -0.2) is 34.5 Å². The van der Waals surface area contributed by atoms with Gasteiger partial charge in [0.15, 0.2) is 0 Å². The zero-order chi connectivity index (χ0) is 14.5. The third-order valence-electron chi connectivity index (χ3n) is 2.62. The van der Waals surface area contributed by atoms with Crippen LogP contribution in [0, 0.1) is 0 Å². The molecule has 0 aliphatic carbocycles. The van der Waals surface area contributed by atoms with Crippen molar-refractivity contribution in [2.24, 2.45) is 0 Å². The Bertz CT molecular complexity index is 613. The number of nitrogens with one attached hydrogen (secondary N) is 1. The van der Waals surface area contributed by atoms with Gasteiger partial charge in [-0.1, -0.05) is 11.6 Å². The molecule has 2 aromatic rings. The maximum Gasteiger partial charge on any atom is 0.259 e. The lowest BCUT2D eigenvalue weighted by atomic mass is 10.2. The van der Waals surface area contributed by atoms with Gasteiger partial charge in [0, 0.05) is 18.3 Å². The molecule has 0 aliphatic rings. The number of rotatable bonds is 5. The van der Waals surface area contributed by atoms with Crippen LogP contribution < -0.4 is 5.32 Å². The Morgan fingerprint density at radius 3 is 3.10 bits per heavy atom. The zero-order valence-electron chi connectivity index (χ0n) is 10.8. The van der Waals surface area contributed by atoms with E-state index in [-0.39, 0.29) is 11.3 Å². The van der Waals surface area contributed by atoms with Gasteiger partial charge in [-0.2, -0.15) is 5.10 Å². The minimum Gasteiger partial charge on any atom is -0.507 e. The second kappa shape index (κ2) is 6.40. The normalized spacial score (nSPS) is 10.5. The van der Waals surface area contributed by atoms with Crippen LogP contribution in [0.4, 0.5) is 5.69 Å². The summed E-state index contributed by atoms with van der Waals surface area (Å²) < 4.78 is 6.59. The molecule has 0 radical (unpaired) electrons. The summed E-state index contributed by atoms with van der Waals surface area (Å²) in [5, 5.41) is 16.7. The van der Waals surface area contributed by atoms with Gasteiger partial charge in [0.2, 0.25) is 0 Å². The largest absolute Gasteiger partial charge is 0.507 e. The van der Waals surface area contributed by atoms with Crippen molar-refractivity contribution in [1.82, 2.24) is 9.78 Å². The fraction of sp³-hybridized carbons (Fsp3) is 0.231. The van der Waals surface area contributed by atoms with E-state index in [0.717, 1.165) is 0 Å². The number of hydrogen-bond acceptors (Lipinski definition) is 4. The number of ether oxygens (including phenoxy) is 1. The molecule has 1 amide bonds. The smallest absolute Gasteiger partial charge is 0.259 e. The maximum atomic E-state index is 12.0. The lowest BCUT2D eigenvalue weighted by Gasteiger charge is -2.05. The topological polar surface area (TPSA) is 76.4 Å². The first-order chi connectivity index (χ1) is 9.60. The second-order valence-corrected chi connectivity index (χ2v) is 4.54. The molecule has 0 fully saturated rings. The first-order valence-electron chi connectivity index (χ1n) is 5.91. The van der Waals surface area contributed by atoms with Crippen LogP contribution in [-0.2, 0) is 11.3 Å². The number of phenolic OH excluding ortho intramolecular Hbond substituents is 1. The fourth-order valence-electron chi connectivity index (χ4n) is 1.62. The molecule has 0 bridgehead atoms. The predicted octanol–water partition coefficient (Wildman–Crippen LogP) is 2.14. The third-order valence-corrected chi connectivity index (χ3v) is 2.85. The number of carbonyl (C=O) groups excluding carboxylic acids is 1. The lowest BCUT2D eigenvalue weighted by Crippen LogP contribution is -2.11. The summed E-state index contributed by atoms with van der Waals surface area (Å²) in [4.78, 5) is 12.0. The summed E-state index contributed by atoms with van der Waals surface area (Å²) in [7, 11) is 1.61. The molecular formula is C13H14ClN3O3. The van der Waals surface area contributed by atoms with Crippen LogP contribution >= 0.6 is 11.6 Å². The molecule has 0 aliphatic heterocycles. The maximum absolute atomic E-state index is 12.0. The Morgan fingerprint density at radius 1 is 1.55 bits per heavy atom. The van der Waals surface area contributed by atoms with E-state index >= 15 is 0 Å². The van der Waals surface area contributed by atoms with Crippen molar-refractivity contribution >= 4 is 23.2 Å². The standard InChI is InChI=1S/C13H14ClN3O3/c1-20-5-4-17-8-10(7-15-17)16-13(19)11-6-9(14)2-3-12(11)18/h2-3,6-8,18H,4-5H2,1H3,(H,16,19). The first kappa shape index (κ1) is 14.4. The molecule has 6 nitrogen and oxygen atoms in total. The van der Waals surface area contributed by atoms with E-state index in [2.05, 4.69) is 10.4 Å². The van der Waals surface area contributed by atoms with Crippen LogP contribution in [0.5, 0.6) is 5.75 Å². The van der Waals surface area contributed by atoms with Gasteiger partial charge in [-0.15, -0.1) is 0 Å². The van der Waals surface area contributed by atoms with Crippen molar-refractivity contribution in [3.8, 4) is 5.75 Å². The Hall–Kier alpha value is -2.05. The highest BCUT2D eigenvalue weighted by atomic mass is 35.5. The fourth-order valence-corrected chi connectivity index (χ4v) is 1.80. The minimum atomic E-state index is -0.448. The average Bonchev–Trinajstić information content (AvgIpc) is 2.86. The molecule has 0 spiro atoms.